The fourth-order valence-corrected chi connectivity index (χ4v) is 1.65. The summed E-state index contributed by atoms with van der Waals surface area (Å²) in [6.45, 7) is 0.665. The molecule has 5 heteroatoms. The van der Waals surface area contributed by atoms with Crippen molar-refractivity contribution in [2.75, 3.05) is 20.6 Å². The smallest absolute Gasteiger partial charge is 0.233 e. The van der Waals surface area contributed by atoms with E-state index >= 15 is 0 Å². The second-order valence-corrected chi connectivity index (χ2v) is 4.50. The third kappa shape index (κ3) is 3.90. The van der Waals surface area contributed by atoms with Gasteiger partial charge in [-0.2, -0.15) is 0 Å². The molecule has 0 saturated heterocycles. The van der Waals surface area contributed by atoms with Crippen LogP contribution < -0.4 is 5.32 Å². The second-order valence-electron chi connectivity index (χ2n) is 3.58. The molecule has 1 N–H and O–H groups in total. The zero-order valence-corrected chi connectivity index (χ0v) is 10.8. The number of carbonyl (C=O) groups excluding carboxylic acids is 1. The van der Waals surface area contributed by atoms with Crippen LogP contribution in [0.2, 0.25) is 0 Å². The van der Waals surface area contributed by atoms with Crippen molar-refractivity contribution in [1.29, 1.82) is 0 Å². The molecule has 0 aromatic heterocycles. The van der Waals surface area contributed by atoms with Gasteiger partial charge in [0, 0.05) is 23.6 Å². The van der Waals surface area contributed by atoms with Crippen molar-refractivity contribution in [2.24, 2.45) is 0 Å². The zero-order chi connectivity index (χ0) is 12.1. The number of hydrogen-bond acceptors (Lipinski definition) is 2. The monoisotopic (exact) mass is 288 g/mol. The molecular formula is C11H14BrFN2O. The Bertz CT molecular complexity index is 384. The minimum atomic E-state index is -0.266. The number of likely N-dealkylation sites (N-methyl/N-ethyl adjacent to an activating group) is 2. The van der Waals surface area contributed by atoms with Crippen LogP contribution in [0.4, 0.5) is 4.39 Å². The van der Waals surface area contributed by atoms with Crippen molar-refractivity contribution in [1.82, 2.24) is 10.2 Å². The van der Waals surface area contributed by atoms with E-state index in [-0.39, 0.29) is 18.3 Å². The Hall–Kier alpha value is -0.940. The molecule has 0 fully saturated rings. The van der Waals surface area contributed by atoms with Gasteiger partial charge in [-0.1, -0.05) is 22.0 Å². The molecule has 88 valence electrons. The largest absolute Gasteiger partial charge is 0.358 e. The van der Waals surface area contributed by atoms with E-state index in [1.165, 1.54) is 6.07 Å². The molecule has 0 saturated carbocycles. The number of hydrogen-bond donors (Lipinski definition) is 1. The number of halogens is 2. The molecule has 0 radical (unpaired) electrons. The van der Waals surface area contributed by atoms with Gasteiger partial charge in [0.1, 0.15) is 5.82 Å². The molecule has 0 unspecified atom stereocenters. The van der Waals surface area contributed by atoms with Crippen molar-refractivity contribution in [3.05, 3.63) is 34.1 Å². The number of nitrogens with one attached hydrogen (secondary N) is 1. The molecule has 0 aliphatic rings. The second kappa shape index (κ2) is 5.96. The van der Waals surface area contributed by atoms with Crippen molar-refractivity contribution in [3.63, 3.8) is 0 Å². The highest BCUT2D eigenvalue weighted by atomic mass is 79.9. The van der Waals surface area contributed by atoms with Gasteiger partial charge in [0.25, 0.3) is 0 Å². The van der Waals surface area contributed by atoms with Gasteiger partial charge in [-0.3, -0.25) is 9.69 Å². The van der Waals surface area contributed by atoms with E-state index in [0.29, 0.717) is 16.6 Å². The van der Waals surface area contributed by atoms with E-state index in [1.54, 1.807) is 31.1 Å². The lowest BCUT2D eigenvalue weighted by Gasteiger charge is -2.15. The van der Waals surface area contributed by atoms with Crippen molar-refractivity contribution < 1.29 is 9.18 Å². The lowest BCUT2D eigenvalue weighted by Crippen LogP contribution is -2.32. The minimum Gasteiger partial charge on any atom is -0.358 e. The molecule has 0 spiro atoms. The van der Waals surface area contributed by atoms with Gasteiger partial charge in [0.15, 0.2) is 0 Å². The summed E-state index contributed by atoms with van der Waals surface area (Å²) < 4.78 is 14.2. The predicted octanol–water partition coefficient (Wildman–Crippen LogP) is 1.77. The summed E-state index contributed by atoms with van der Waals surface area (Å²) in [5.41, 5.74) is 0.578. The lowest BCUT2D eigenvalue weighted by molar-refractivity contribution is -0.121. The van der Waals surface area contributed by atoms with E-state index in [0.717, 1.165) is 0 Å². The van der Waals surface area contributed by atoms with Crippen LogP contribution in [-0.4, -0.2) is 31.4 Å². The summed E-state index contributed by atoms with van der Waals surface area (Å²) in [7, 11) is 3.35. The molecular weight excluding hydrogens is 275 g/mol. The van der Waals surface area contributed by atoms with Crippen LogP contribution in [0, 0.1) is 5.82 Å². The summed E-state index contributed by atoms with van der Waals surface area (Å²) in [5.74, 6) is -0.349. The van der Waals surface area contributed by atoms with Crippen LogP contribution in [0.5, 0.6) is 0 Å². The van der Waals surface area contributed by atoms with Gasteiger partial charge in [0.2, 0.25) is 5.91 Å². The summed E-state index contributed by atoms with van der Waals surface area (Å²) in [6.07, 6.45) is 0. The topological polar surface area (TPSA) is 32.3 Å². The molecule has 1 aromatic carbocycles. The van der Waals surface area contributed by atoms with Crippen LogP contribution >= 0.6 is 15.9 Å². The summed E-state index contributed by atoms with van der Waals surface area (Å²) in [6, 6.07) is 4.91. The number of carbonyl (C=O) groups is 1. The van der Waals surface area contributed by atoms with Crippen molar-refractivity contribution in [2.45, 2.75) is 6.54 Å². The van der Waals surface area contributed by atoms with Gasteiger partial charge >= 0.3 is 0 Å². The van der Waals surface area contributed by atoms with Crippen LogP contribution in [-0.2, 0) is 11.3 Å². The summed E-state index contributed by atoms with van der Waals surface area (Å²) >= 11 is 3.20. The fraction of sp³-hybridized carbons (Fsp3) is 0.364. The predicted molar refractivity (Wildman–Crippen MR) is 64.5 cm³/mol. The first-order valence-electron chi connectivity index (χ1n) is 4.86. The normalized spacial score (nSPS) is 10.6. The SMILES string of the molecule is CNC(=O)CN(C)Cc1ccc(Br)cc1F. The first-order chi connectivity index (χ1) is 7.52. The van der Waals surface area contributed by atoms with Crippen LogP contribution in [0.25, 0.3) is 0 Å². The Morgan fingerprint density at radius 3 is 2.81 bits per heavy atom. The Morgan fingerprint density at radius 1 is 1.56 bits per heavy atom. The van der Waals surface area contributed by atoms with Crippen LogP contribution in [0.15, 0.2) is 22.7 Å². The Labute approximate surface area is 103 Å². The molecule has 0 aliphatic carbocycles. The standard InChI is InChI=1S/C11H14BrFN2O/c1-14-11(16)7-15(2)6-8-3-4-9(12)5-10(8)13/h3-5H,6-7H2,1-2H3,(H,14,16). The lowest BCUT2D eigenvalue weighted by atomic mass is 10.2. The van der Waals surface area contributed by atoms with E-state index in [4.69, 9.17) is 0 Å². The third-order valence-corrected chi connectivity index (χ3v) is 2.64. The molecule has 1 aromatic rings. The van der Waals surface area contributed by atoms with Gasteiger partial charge in [-0.05, 0) is 19.2 Å². The highest BCUT2D eigenvalue weighted by Crippen LogP contribution is 2.16. The molecule has 1 rings (SSSR count). The third-order valence-electron chi connectivity index (χ3n) is 2.15. The maximum Gasteiger partial charge on any atom is 0.233 e. The maximum absolute atomic E-state index is 13.5. The Kier molecular flexibility index (Phi) is 4.89. The highest BCUT2D eigenvalue weighted by molar-refractivity contribution is 9.10. The molecule has 0 bridgehead atoms. The first kappa shape index (κ1) is 13.1. The van der Waals surface area contributed by atoms with Crippen molar-refractivity contribution >= 4 is 21.8 Å². The van der Waals surface area contributed by atoms with E-state index < -0.39 is 0 Å². The number of amides is 1. The Morgan fingerprint density at radius 2 is 2.25 bits per heavy atom. The molecule has 1 amide bonds. The summed E-state index contributed by atoms with van der Waals surface area (Å²) in [5, 5.41) is 2.52. The average Bonchev–Trinajstić information content (AvgIpc) is 2.22. The summed E-state index contributed by atoms with van der Waals surface area (Å²) in [4.78, 5) is 12.9. The van der Waals surface area contributed by atoms with Gasteiger partial charge in [0.05, 0.1) is 6.54 Å². The zero-order valence-electron chi connectivity index (χ0n) is 9.26. The van der Waals surface area contributed by atoms with E-state index in [2.05, 4.69) is 21.2 Å². The van der Waals surface area contributed by atoms with Crippen molar-refractivity contribution in [3.8, 4) is 0 Å². The van der Waals surface area contributed by atoms with Gasteiger partial charge in [-0.25, -0.2) is 4.39 Å². The van der Waals surface area contributed by atoms with Crippen LogP contribution in [0.1, 0.15) is 5.56 Å². The van der Waals surface area contributed by atoms with Gasteiger partial charge in [-0.15, -0.1) is 0 Å². The molecule has 0 atom stereocenters. The molecule has 16 heavy (non-hydrogen) atoms. The molecule has 3 nitrogen and oxygen atoms in total. The molecule has 0 aliphatic heterocycles. The maximum atomic E-state index is 13.5. The Balaban J connectivity index is 2.62. The van der Waals surface area contributed by atoms with Crippen LogP contribution in [0.3, 0.4) is 0 Å². The number of benzene rings is 1. The quantitative estimate of drug-likeness (QED) is 0.916. The number of nitrogens with zero attached hydrogens (tertiary/aromatic N) is 1. The minimum absolute atomic E-state index is 0.0833. The van der Waals surface area contributed by atoms with Gasteiger partial charge < -0.3 is 5.32 Å². The molecule has 0 heterocycles. The number of rotatable bonds is 4. The first-order valence-corrected chi connectivity index (χ1v) is 5.65. The highest BCUT2D eigenvalue weighted by Gasteiger charge is 2.08. The van der Waals surface area contributed by atoms with E-state index in [9.17, 15) is 9.18 Å². The fourth-order valence-electron chi connectivity index (χ4n) is 1.32. The average molecular weight is 289 g/mol. The van der Waals surface area contributed by atoms with E-state index in [1.807, 2.05) is 0 Å².